The molecule has 0 aliphatic heterocycles. The van der Waals surface area contributed by atoms with Gasteiger partial charge in [-0.05, 0) is 43.2 Å². The molecule has 0 bridgehead atoms. The third kappa shape index (κ3) is 6.41. The molecule has 1 aliphatic carbocycles. The fourth-order valence-electron chi connectivity index (χ4n) is 2.69. The van der Waals surface area contributed by atoms with Gasteiger partial charge in [-0.2, -0.15) is 11.8 Å². The standard InChI is InChI=1S/C15H24N4O2S2.HI/c1-17-15(19-12-6-7-13(9-12)22-2)18-10-11-4-3-5-14(8-11)23(16,20)21;/h3-5,8,12-13H,6-7,9-10H2,1-2H3,(H2,16,20,21)(H2,17,18,19);1H. The van der Waals surface area contributed by atoms with Crippen LogP contribution in [0.4, 0.5) is 0 Å². The Morgan fingerprint density at radius 2 is 2.17 bits per heavy atom. The molecule has 2 atom stereocenters. The summed E-state index contributed by atoms with van der Waals surface area (Å²) in [6.45, 7) is 0.488. The normalized spacial score (nSPS) is 21.2. The molecule has 1 aromatic rings. The molecular formula is C15H25IN4O2S2. The number of aliphatic imine (C=N–C) groups is 1. The first-order valence-corrected chi connectivity index (χ1v) is 10.4. The monoisotopic (exact) mass is 484 g/mol. The number of rotatable bonds is 5. The predicted octanol–water partition coefficient (Wildman–Crippen LogP) is 1.90. The van der Waals surface area contributed by atoms with Crippen molar-refractivity contribution >= 4 is 51.7 Å². The van der Waals surface area contributed by atoms with Crippen LogP contribution in [0, 0.1) is 0 Å². The molecule has 9 heteroatoms. The second kappa shape index (κ2) is 9.83. The van der Waals surface area contributed by atoms with E-state index >= 15 is 0 Å². The van der Waals surface area contributed by atoms with E-state index in [0.717, 1.165) is 29.6 Å². The summed E-state index contributed by atoms with van der Waals surface area (Å²) in [6.07, 6.45) is 5.67. The van der Waals surface area contributed by atoms with E-state index in [2.05, 4.69) is 21.9 Å². The van der Waals surface area contributed by atoms with Crippen LogP contribution in [0.25, 0.3) is 0 Å². The first-order valence-electron chi connectivity index (χ1n) is 7.54. The van der Waals surface area contributed by atoms with Crippen molar-refractivity contribution < 1.29 is 8.42 Å². The minimum Gasteiger partial charge on any atom is -0.354 e. The SMILES string of the molecule is CN=C(NCc1cccc(S(N)(=O)=O)c1)NC1CCC(SC)C1.I. The van der Waals surface area contributed by atoms with Crippen molar-refractivity contribution in [1.29, 1.82) is 0 Å². The zero-order valence-electron chi connectivity index (χ0n) is 13.9. The Morgan fingerprint density at radius 1 is 1.42 bits per heavy atom. The smallest absolute Gasteiger partial charge is 0.238 e. The largest absolute Gasteiger partial charge is 0.354 e. The molecule has 0 aromatic heterocycles. The average Bonchev–Trinajstić information content (AvgIpc) is 2.98. The van der Waals surface area contributed by atoms with Crippen LogP contribution in [0.2, 0.25) is 0 Å². The summed E-state index contributed by atoms with van der Waals surface area (Å²) < 4.78 is 22.8. The quantitative estimate of drug-likeness (QED) is 0.337. The lowest BCUT2D eigenvalue weighted by Crippen LogP contribution is -2.42. The summed E-state index contributed by atoms with van der Waals surface area (Å²) in [7, 11) is -1.94. The second-order valence-corrected chi connectivity index (χ2v) is 8.33. The minimum atomic E-state index is -3.67. The molecule has 136 valence electrons. The number of sulfonamides is 1. The maximum absolute atomic E-state index is 11.4. The Balaban J connectivity index is 0.00000288. The summed E-state index contributed by atoms with van der Waals surface area (Å²) in [5.74, 6) is 0.734. The molecule has 0 radical (unpaired) electrons. The van der Waals surface area contributed by atoms with Gasteiger partial charge in [0.05, 0.1) is 4.90 Å². The van der Waals surface area contributed by atoms with E-state index in [-0.39, 0.29) is 28.9 Å². The summed E-state index contributed by atoms with van der Waals surface area (Å²) in [5, 5.41) is 12.5. The van der Waals surface area contributed by atoms with Gasteiger partial charge in [0.25, 0.3) is 0 Å². The number of nitrogens with zero attached hydrogens (tertiary/aromatic N) is 1. The van der Waals surface area contributed by atoms with Crippen LogP contribution in [-0.2, 0) is 16.6 Å². The van der Waals surface area contributed by atoms with Crippen LogP contribution < -0.4 is 15.8 Å². The molecule has 0 saturated heterocycles. The van der Waals surface area contributed by atoms with Gasteiger partial charge in [-0.15, -0.1) is 24.0 Å². The lowest BCUT2D eigenvalue weighted by Gasteiger charge is -2.17. The molecule has 0 spiro atoms. The number of primary sulfonamides is 1. The predicted molar refractivity (Wildman–Crippen MR) is 112 cm³/mol. The molecule has 2 unspecified atom stereocenters. The van der Waals surface area contributed by atoms with Crippen molar-refractivity contribution in [3.63, 3.8) is 0 Å². The maximum Gasteiger partial charge on any atom is 0.238 e. The van der Waals surface area contributed by atoms with Gasteiger partial charge < -0.3 is 10.6 Å². The van der Waals surface area contributed by atoms with Gasteiger partial charge in [-0.25, -0.2) is 13.6 Å². The summed E-state index contributed by atoms with van der Waals surface area (Å²) in [5.41, 5.74) is 0.841. The summed E-state index contributed by atoms with van der Waals surface area (Å²) in [6, 6.07) is 7.05. The Bertz CT molecular complexity index is 667. The zero-order chi connectivity index (χ0) is 16.9. The number of benzene rings is 1. The van der Waals surface area contributed by atoms with Crippen LogP contribution in [0.1, 0.15) is 24.8 Å². The molecule has 1 aliphatic rings. The van der Waals surface area contributed by atoms with Crippen LogP contribution in [0.3, 0.4) is 0 Å². The first kappa shape index (κ1) is 21.5. The van der Waals surface area contributed by atoms with Crippen molar-refractivity contribution in [3.05, 3.63) is 29.8 Å². The molecule has 6 nitrogen and oxygen atoms in total. The highest BCUT2D eigenvalue weighted by molar-refractivity contribution is 14.0. The Hall–Kier alpha value is -0.520. The number of halogens is 1. The average molecular weight is 484 g/mol. The number of hydrogen-bond donors (Lipinski definition) is 3. The summed E-state index contributed by atoms with van der Waals surface area (Å²) >= 11 is 1.92. The van der Waals surface area contributed by atoms with E-state index < -0.39 is 10.0 Å². The van der Waals surface area contributed by atoms with Gasteiger partial charge >= 0.3 is 0 Å². The van der Waals surface area contributed by atoms with E-state index in [0.29, 0.717) is 12.6 Å². The molecular weight excluding hydrogens is 459 g/mol. The second-order valence-electron chi connectivity index (χ2n) is 5.63. The van der Waals surface area contributed by atoms with Crippen LogP contribution in [-0.4, -0.2) is 39.0 Å². The third-order valence-electron chi connectivity index (χ3n) is 3.97. The molecule has 0 amide bonds. The number of guanidine groups is 1. The van der Waals surface area contributed by atoms with Crippen molar-refractivity contribution in [2.24, 2.45) is 10.1 Å². The van der Waals surface area contributed by atoms with Crippen molar-refractivity contribution in [2.75, 3.05) is 13.3 Å². The van der Waals surface area contributed by atoms with Crippen molar-refractivity contribution in [3.8, 4) is 0 Å². The molecule has 0 heterocycles. The van der Waals surface area contributed by atoms with Gasteiger partial charge in [-0.1, -0.05) is 12.1 Å². The van der Waals surface area contributed by atoms with E-state index in [1.165, 1.54) is 12.5 Å². The van der Waals surface area contributed by atoms with Gasteiger partial charge in [0.1, 0.15) is 0 Å². The van der Waals surface area contributed by atoms with Gasteiger partial charge in [-0.3, -0.25) is 4.99 Å². The van der Waals surface area contributed by atoms with E-state index in [1.54, 1.807) is 19.2 Å². The highest BCUT2D eigenvalue weighted by atomic mass is 127. The van der Waals surface area contributed by atoms with Crippen molar-refractivity contribution in [2.45, 2.75) is 42.0 Å². The van der Waals surface area contributed by atoms with Gasteiger partial charge in [0.2, 0.25) is 10.0 Å². The first-order chi connectivity index (χ1) is 10.9. The molecule has 1 fully saturated rings. The Kier molecular flexibility index (Phi) is 8.82. The highest BCUT2D eigenvalue weighted by Crippen LogP contribution is 2.28. The minimum absolute atomic E-state index is 0. The Labute approximate surface area is 165 Å². The topological polar surface area (TPSA) is 96.6 Å². The molecule has 2 rings (SSSR count). The molecule has 24 heavy (non-hydrogen) atoms. The number of thioether (sulfide) groups is 1. The van der Waals surface area contributed by atoms with E-state index in [9.17, 15) is 8.42 Å². The fraction of sp³-hybridized carbons (Fsp3) is 0.533. The lowest BCUT2D eigenvalue weighted by atomic mass is 10.2. The number of nitrogens with two attached hydrogens (primary N) is 1. The fourth-order valence-corrected chi connectivity index (χ4v) is 4.07. The molecule has 1 aromatic carbocycles. The number of hydrogen-bond acceptors (Lipinski definition) is 4. The van der Waals surface area contributed by atoms with E-state index in [4.69, 9.17) is 5.14 Å². The van der Waals surface area contributed by atoms with Crippen LogP contribution >= 0.6 is 35.7 Å². The molecule has 4 N–H and O–H groups in total. The zero-order valence-corrected chi connectivity index (χ0v) is 17.8. The van der Waals surface area contributed by atoms with E-state index in [1.807, 2.05) is 17.8 Å². The Morgan fingerprint density at radius 3 is 2.75 bits per heavy atom. The third-order valence-corrected chi connectivity index (χ3v) is 5.98. The maximum atomic E-state index is 11.4. The van der Waals surface area contributed by atoms with Gasteiger partial charge in [0, 0.05) is 24.9 Å². The van der Waals surface area contributed by atoms with Crippen molar-refractivity contribution in [1.82, 2.24) is 10.6 Å². The van der Waals surface area contributed by atoms with Gasteiger partial charge in [0.15, 0.2) is 5.96 Å². The summed E-state index contributed by atoms with van der Waals surface area (Å²) in [4.78, 5) is 4.36. The van der Waals surface area contributed by atoms with Crippen LogP contribution in [0.15, 0.2) is 34.2 Å². The highest BCUT2D eigenvalue weighted by Gasteiger charge is 2.24. The van der Waals surface area contributed by atoms with Crippen LogP contribution in [0.5, 0.6) is 0 Å². The number of nitrogens with one attached hydrogen (secondary N) is 2. The lowest BCUT2D eigenvalue weighted by molar-refractivity contribution is 0.597. The molecule has 1 saturated carbocycles.